The van der Waals surface area contributed by atoms with Crippen molar-refractivity contribution < 1.29 is 18.3 Å². The van der Waals surface area contributed by atoms with Crippen LogP contribution in [0.25, 0.3) is 10.9 Å². The topological polar surface area (TPSA) is 116 Å². The summed E-state index contributed by atoms with van der Waals surface area (Å²) < 4.78 is 28.0. The third kappa shape index (κ3) is 5.89. The van der Waals surface area contributed by atoms with Gasteiger partial charge in [-0.15, -0.1) is 0 Å². The summed E-state index contributed by atoms with van der Waals surface area (Å²) in [5.41, 5.74) is 0.848. The zero-order valence-electron chi connectivity index (χ0n) is 21.3. The van der Waals surface area contributed by atoms with E-state index in [0.29, 0.717) is 21.5 Å². The molecular formula is C29H29ClN2O5S. The third-order valence-electron chi connectivity index (χ3n) is 6.24. The van der Waals surface area contributed by atoms with Gasteiger partial charge in [0.15, 0.2) is 11.2 Å². The van der Waals surface area contributed by atoms with Gasteiger partial charge in [0.25, 0.3) is 0 Å². The summed E-state index contributed by atoms with van der Waals surface area (Å²) in [5.74, 6) is -0.874. The van der Waals surface area contributed by atoms with Crippen molar-refractivity contribution in [1.82, 2.24) is 9.71 Å². The van der Waals surface area contributed by atoms with Crippen molar-refractivity contribution >= 4 is 38.3 Å². The van der Waals surface area contributed by atoms with E-state index < -0.39 is 21.5 Å². The molecule has 3 N–H and O–H groups in total. The molecule has 0 radical (unpaired) electrons. The molecule has 0 aliphatic rings. The molecule has 0 saturated heterocycles. The molecule has 9 heteroatoms. The molecule has 0 amide bonds. The van der Waals surface area contributed by atoms with Crippen LogP contribution in [0, 0.1) is 0 Å². The number of benzene rings is 3. The Hall–Kier alpha value is -3.30. The van der Waals surface area contributed by atoms with Gasteiger partial charge in [0, 0.05) is 34.9 Å². The SMILES string of the molecule is CCC(=O)c1[nH]c2cc(Cl)ccc2c(=O)c1C(c1ccccc1)c1ccc(S(=O)(=O)NCC(C)(C)O)cc1. The van der Waals surface area contributed by atoms with Crippen LogP contribution in [0.1, 0.15) is 60.3 Å². The van der Waals surface area contributed by atoms with E-state index in [1.54, 1.807) is 37.3 Å². The number of nitrogens with one attached hydrogen (secondary N) is 2. The highest BCUT2D eigenvalue weighted by atomic mass is 35.5. The molecule has 1 unspecified atom stereocenters. The molecule has 198 valence electrons. The number of aromatic nitrogens is 1. The largest absolute Gasteiger partial charge is 0.389 e. The zero-order chi connectivity index (χ0) is 27.7. The number of Topliss-reactive ketones (excluding diaryl/α,β-unsaturated/α-hetero) is 1. The lowest BCUT2D eigenvalue weighted by atomic mass is 9.82. The van der Waals surface area contributed by atoms with Gasteiger partial charge < -0.3 is 10.1 Å². The molecule has 4 rings (SSSR count). The van der Waals surface area contributed by atoms with Gasteiger partial charge in [-0.05, 0) is 55.3 Å². The highest BCUT2D eigenvalue weighted by Crippen LogP contribution is 2.34. The summed E-state index contributed by atoms with van der Waals surface area (Å²) >= 11 is 6.15. The number of rotatable bonds is 9. The van der Waals surface area contributed by atoms with Crippen LogP contribution in [0.5, 0.6) is 0 Å². The number of aliphatic hydroxyl groups is 1. The number of pyridine rings is 1. The monoisotopic (exact) mass is 552 g/mol. The molecular weight excluding hydrogens is 524 g/mol. The standard InChI is InChI=1S/C29H29ClN2O5S/c1-4-24(33)27-26(28(34)22-15-12-20(30)16-23(22)32-27)25(18-8-6-5-7-9-18)19-10-13-21(14-11-19)38(36,37)31-17-29(2,3)35/h5-16,25,31,35H,4,17H2,1-3H3,(H,32,34). The minimum absolute atomic E-state index is 0.0178. The van der Waals surface area contributed by atoms with Crippen molar-refractivity contribution in [3.05, 3.63) is 110 Å². The molecule has 0 aliphatic carbocycles. The average molecular weight is 553 g/mol. The van der Waals surface area contributed by atoms with Gasteiger partial charge in [-0.2, -0.15) is 0 Å². The molecule has 1 atom stereocenters. The van der Waals surface area contributed by atoms with E-state index in [-0.39, 0.29) is 40.3 Å². The number of aromatic amines is 1. The van der Waals surface area contributed by atoms with E-state index in [2.05, 4.69) is 9.71 Å². The first-order valence-electron chi connectivity index (χ1n) is 12.2. The predicted molar refractivity (Wildman–Crippen MR) is 150 cm³/mol. The molecule has 0 fully saturated rings. The van der Waals surface area contributed by atoms with Gasteiger partial charge in [-0.1, -0.05) is 61.0 Å². The summed E-state index contributed by atoms with van der Waals surface area (Å²) in [5, 5.41) is 10.7. The minimum Gasteiger partial charge on any atom is -0.389 e. The lowest BCUT2D eigenvalue weighted by Gasteiger charge is -2.22. The highest BCUT2D eigenvalue weighted by molar-refractivity contribution is 7.89. The van der Waals surface area contributed by atoms with Crippen LogP contribution < -0.4 is 10.2 Å². The number of fused-ring (bicyclic) bond motifs is 1. The van der Waals surface area contributed by atoms with Crippen LogP contribution in [0.4, 0.5) is 0 Å². The first kappa shape index (κ1) is 27.7. The van der Waals surface area contributed by atoms with Gasteiger partial charge in [0.1, 0.15) is 0 Å². The maximum absolute atomic E-state index is 13.9. The molecule has 38 heavy (non-hydrogen) atoms. The fourth-order valence-electron chi connectivity index (χ4n) is 4.32. The molecule has 1 heterocycles. The molecule has 0 saturated carbocycles. The van der Waals surface area contributed by atoms with Crippen molar-refractivity contribution in [3.63, 3.8) is 0 Å². The maximum Gasteiger partial charge on any atom is 0.240 e. The van der Waals surface area contributed by atoms with Crippen LogP contribution in [-0.2, 0) is 10.0 Å². The zero-order valence-corrected chi connectivity index (χ0v) is 22.9. The minimum atomic E-state index is -3.88. The van der Waals surface area contributed by atoms with E-state index in [0.717, 1.165) is 5.56 Å². The first-order valence-corrected chi connectivity index (χ1v) is 14.0. The summed E-state index contributed by atoms with van der Waals surface area (Å²) in [4.78, 5) is 30.2. The Bertz CT molecular complexity index is 1640. The Labute approximate surface area is 226 Å². The Balaban J connectivity index is 1.91. The summed E-state index contributed by atoms with van der Waals surface area (Å²) in [6.45, 7) is 4.59. The van der Waals surface area contributed by atoms with E-state index in [4.69, 9.17) is 11.6 Å². The Kier molecular flexibility index (Phi) is 7.90. The second-order valence-corrected chi connectivity index (χ2v) is 12.0. The molecule has 0 bridgehead atoms. The summed E-state index contributed by atoms with van der Waals surface area (Å²) in [6, 6.07) is 20.3. The molecule has 0 spiro atoms. The lowest BCUT2D eigenvalue weighted by molar-refractivity contribution is 0.0857. The highest BCUT2D eigenvalue weighted by Gasteiger charge is 2.28. The second kappa shape index (κ2) is 10.8. The Morgan fingerprint density at radius 1 is 1.03 bits per heavy atom. The normalized spacial score (nSPS) is 13.0. The molecule has 1 aromatic heterocycles. The predicted octanol–water partition coefficient (Wildman–Crippen LogP) is 5.00. The molecule has 7 nitrogen and oxygen atoms in total. The Morgan fingerprint density at radius 2 is 1.66 bits per heavy atom. The lowest BCUT2D eigenvalue weighted by Crippen LogP contribution is -2.38. The van der Waals surface area contributed by atoms with Gasteiger partial charge in [-0.25, -0.2) is 13.1 Å². The number of carbonyl (C=O) groups excluding carboxylic acids is 1. The van der Waals surface area contributed by atoms with E-state index in [1.165, 1.54) is 26.0 Å². The first-order chi connectivity index (χ1) is 17.9. The van der Waals surface area contributed by atoms with Gasteiger partial charge >= 0.3 is 0 Å². The molecule has 3 aromatic carbocycles. The van der Waals surface area contributed by atoms with Crippen molar-refractivity contribution in [2.24, 2.45) is 0 Å². The van der Waals surface area contributed by atoms with Gasteiger partial charge in [-0.3, -0.25) is 9.59 Å². The van der Waals surface area contributed by atoms with Gasteiger partial charge in [0.2, 0.25) is 10.0 Å². The number of halogens is 1. The third-order valence-corrected chi connectivity index (χ3v) is 7.89. The van der Waals surface area contributed by atoms with Crippen LogP contribution in [0.15, 0.2) is 82.5 Å². The van der Waals surface area contributed by atoms with E-state index >= 15 is 0 Å². The van der Waals surface area contributed by atoms with Gasteiger partial charge in [0.05, 0.1) is 21.7 Å². The quantitative estimate of drug-likeness (QED) is 0.253. The number of hydrogen-bond donors (Lipinski definition) is 3. The van der Waals surface area contributed by atoms with E-state index in [9.17, 15) is 23.1 Å². The van der Waals surface area contributed by atoms with Crippen LogP contribution in [0.3, 0.4) is 0 Å². The summed E-state index contributed by atoms with van der Waals surface area (Å²) in [6.07, 6.45) is 0.181. The fraction of sp³-hybridized carbons (Fsp3) is 0.241. The smallest absolute Gasteiger partial charge is 0.240 e. The van der Waals surface area contributed by atoms with Crippen molar-refractivity contribution in [2.75, 3.05) is 6.54 Å². The summed E-state index contributed by atoms with van der Waals surface area (Å²) in [7, 11) is -3.88. The van der Waals surface area contributed by atoms with Crippen LogP contribution >= 0.6 is 11.6 Å². The number of sulfonamides is 1. The number of carbonyl (C=O) groups is 1. The maximum atomic E-state index is 13.9. The number of H-pyrrole nitrogens is 1. The molecule has 0 aliphatic heterocycles. The molecule has 4 aromatic rings. The van der Waals surface area contributed by atoms with Crippen molar-refractivity contribution in [3.8, 4) is 0 Å². The fourth-order valence-corrected chi connectivity index (χ4v) is 5.69. The van der Waals surface area contributed by atoms with Crippen molar-refractivity contribution in [2.45, 2.75) is 43.6 Å². The average Bonchev–Trinajstić information content (AvgIpc) is 2.89. The second-order valence-electron chi connectivity index (χ2n) is 9.76. The van der Waals surface area contributed by atoms with Crippen molar-refractivity contribution in [1.29, 1.82) is 0 Å². The van der Waals surface area contributed by atoms with Crippen LogP contribution in [-0.4, -0.2) is 36.4 Å². The number of ketones is 1. The Morgan fingerprint density at radius 3 is 2.26 bits per heavy atom. The van der Waals surface area contributed by atoms with Crippen LogP contribution in [0.2, 0.25) is 5.02 Å². The number of hydrogen-bond acceptors (Lipinski definition) is 5. The van der Waals surface area contributed by atoms with E-state index in [1.807, 2.05) is 30.3 Å².